The van der Waals surface area contributed by atoms with Crippen LogP contribution in [-0.2, 0) is 9.59 Å². The number of hydrogen-bond donors (Lipinski definition) is 1. The number of carboxylic acid groups (broad SMARTS) is 1. The summed E-state index contributed by atoms with van der Waals surface area (Å²) in [6.45, 7) is 4.81. The van der Waals surface area contributed by atoms with Crippen LogP contribution < -0.4 is 0 Å². The summed E-state index contributed by atoms with van der Waals surface area (Å²) in [5.74, 6) is -0.484. The Kier molecular flexibility index (Phi) is 6.35. The van der Waals surface area contributed by atoms with E-state index in [0.717, 1.165) is 40.9 Å². The minimum atomic E-state index is -0.703. The number of carboxylic acids is 1. The summed E-state index contributed by atoms with van der Waals surface area (Å²) < 4.78 is 1.05. The normalized spacial score (nSPS) is 25.3. The number of piperidine rings is 1. The first-order chi connectivity index (χ1) is 14.4. The molecule has 1 aliphatic heterocycles. The van der Waals surface area contributed by atoms with Crippen molar-refractivity contribution in [1.29, 1.82) is 0 Å². The number of para-hydroxylation sites is 1. The fraction of sp³-hybridized carbons (Fsp3) is 0.609. The fourth-order valence-electron chi connectivity index (χ4n) is 5.27. The Labute approximate surface area is 186 Å². The highest BCUT2D eigenvalue weighted by atomic mass is 35.5. The Balaban J connectivity index is 1.55. The van der Waals surface area contributed by atoms with E-state index in [9.17, 15) is 14.7 Å². The van der Waals surface area contributed by atoms with Gasteiger partial charge in [-0.05, 0) is 43.2 Å². The lowest BCUT2D eigenvalue weighted by Crippen LogP contribution is -2.54. The lowest BCUT2D eigenvalue weighted by Gasteiger charge is -2.47. The molecule has 1 aliphatic carbocycles. The van der Waals surface area contributed by atoms with Crippen molar-refractivity contribution < 1.29 is 14.7 Å². The molecule has 0 radical (unpaired) electrons. The summed E-state index contributed by atoms with van der Waals surface area (Å²) >= 11 is 7.94. The molecular weight excluding hydrogens is 420 g/mol. The number of amides is 1. The van der Waals surface area contributed by atoms with Crippen molar-refractivity contribution in [3.05, 3.63) is 28.2 Å². The van der Waals surface area contributed by atoms with Crippen LogP contribution in [0.5, 0.6) is 0 Å². The van der Waals surface area contributed by atoms with Gasteiger partial charge in [0.2, 0.25) is 5.91 Å². The van der Waals surface area contributed by atoms with Gasteiger partial charge in [-0.15, -0.1) is 11.3 Å². The third-order valence-corrected chi connectivity index (χ3v) is 8.38. The molecule has 2 heterocycles. The molecule has 0 bridgehead atoms. The lowest BCUT2D eigenvalue weighted by atomic mass is 9.71. The first-order valence-electron chi connectivity index (χ1n) is 10.9. The number of aromatic nitrogens is 1. The third kappa shape index (κ3) is 4.09. The van der Waals surface area contributed by atoms with Crippen molar-refractivity contribution in [2.75, 3.05) is 6.54 Å². The van der Waals surface area contributed by atoms with Gasteiger partial charge in [0, 0.05) is 24.9 Å². The van der Waals surface area contributed by atoms with Crippen LogP contribution in [0.15, 0.2) is 18.2 Å². The highest BCUT2D eigenvalue weighted by molar-refractivity contribution is 7.18. The molecule has 4 unspecified atom stereocenters. The van der Waals surface area contributed by atoms with Gasteiger partial charge in [-0.25, -0.2) is 4.98 Å². The van der Waals surface area contributed by atoms with Crippen molar-refractivity contribution in [3.8, 4) is 0 Å². The van der Waals surface area contributed by atoms with Crippen LogP contribution in [0.25, 0.3) is 10.2 Å². The molecule has 4 atom stereocenters. The van der Waals surface area contributed by atoms with Crippen LogP contribution in [0.4, 0.5) is 0 Å². The van der Waals surface area contributed by atoms with E-state index in [-0.39, 0.29) is 35.6 Å². The molecule has 0 spiro atoms. The van der Waals surface area contributed by atoms with Crippen molar-refractivity contribution in [3.63, 3.8) is 0 Å². The van der Waals surface area contributed by atoms with E-state index in [1.807, 2.05) is 23.1 Å². The molecule has 162 valence electrons. The topological polar surface area (TPSA) is 70.5 Å². The molecule has 30 heavy (non-hydrogen) atoms. The van der Waals surface area contributed by atoms with E-state index in [2.05, 4.69) is 13.8 Å². The number of halogens is 1. The van der Waals surface area contributed by atoms with E-state index in [1.54, 1.807) is 11.3 Å². The molecule has 1 N–H and O–H groups in total. The zero-order valence-corrected chi connectivity index (χ0v) is 19.1. The number of aliphatic carboxylic acids is 1. The monoisotopic (exact) mass is 448 g/mol. The van der Waals surface area contributed by atoms with Gasteiger partial charge in [-0.3, -0.25) is 9.59 Å². The van der Waals surface area contributed by atoms with Crippen molar-refractivity contribution in [1.82, 2.24) is 9.88 Å². The maximum absolute atomic E-state index is 13.4. The van der Waals surface area contributed by atoms with Crippen molar-refractivity contribution in [2.45, 2.75) is 64.3 Å². The summed E-state index contributed by atoms with van der Waals surface area (Å²) in [6.07, 6.45) is 4.94. The molecular formula is C23H29ClN2O3S. The summed E-state index contributed by atoms with van der Waals surface area (Å²) in [5.41, 5.74) is 0.812. The minimum absolute atomic E-state index is 0.0326. The number of thiazole rings is 1. The molecule has 2 aromatic rings. The highest BCUT2D eigenvalue weighted by Crippen LogP contribution is 2.41. The van der Waals surface area contributed by atoms with Gasteiger partial charge in [-0.2, -0.15) is 0 Å². The predicted molar refractivity (Wildman–Crippen MR) is 120 cm³/mol. The molecule has 1 aromatic carbocycles. The van der Waals surface area contributed by atoms with Crippen LogP contribution in [0.1, 0.15) is 63.3 Å². The van der Waals surface area contributed by atoms with Gasteiger partial charge in [-0.1, -0.05) is 44.4 Å². The zero-order valence-electron chi connectivity index (χ0n) is 17.5. The van der Waals surface area contributed by atoms with E-state index in [4.69, 9.17) is 16.6 Å². The maximum Gasteiger partial charge on any atom is 0.306 e. The lowest BCUT2D eigenvalue weighted by molar-refractivity contribution is -0.154. The van der Waals surface area contributed by atoms with E-state index >= 15 is 0 Å². The molecule has 2 aliphatic rings. The van der Waals surface area contributed by atoms with Crippen LogP contribution >= 0.6 is 22.9 Å². The summed E-state index contributed by atoms with van der Waals surface area (Å²) in [4.78, 5) is 31.9. The van der Waals surface area contributed by atoms with Crippen LogP contribution in [0.2, 0.25) is 5.02 Å². The smallest absolute Gasteiger partial charge is 0.306 e. The maximum atomic E-state index is 13.4. The second kappa shape index (κ2) is 8.83. The number of likely N-dealkylation sites (tertiary alicyclic amines) is 1. The van der Waals surface area contributed by atoms with Gasteiger partial charge in [0.25, 0.3) is 0 Å². The second-order valence-electron chi connectivity index (χ2n) is 9.03. The number of carbonyl (C=O) groups excluding carboxylic acids is 1. The molecule has 5 nitrogen and oxygen atoms in total. The average Bonchev–Trinajstić information content (AvgIpc) is 3.16. The SMILES string of the molecule is CC(C)C(CC(=O)N1CCC(C(=O)O)C2CCCCC21)c1nc2c(Cl)cccc2s1. The quantitative estimate of drug-likeness (QED) is 0.648. The summed E-state index contributed by atoms with van der Waals surface area (Å²) in [5, 5.41) is 11.2. The van der Waals surface area contributed by atoms with E-state index in [1.165, 1.54) is 0 Å². The van der Waals surface area contributed by atoms with Crippen molar-refractivity contribution in [2.24, 2.45) is 17.8 Å². The first-order valence-corrected chi connectivity index (χ1v) is 12.1. The number of carbonyl (C=O) groups is 2. The van der Waals surface area contributed by atoms with E-state index < -0.39 is 5.97 Å². The molecule has 7 heteroatoms. The number of rotatable bonds is 5. The van der Waals surface area contributed by atoms with E-state index in [0.29, 0.717) is 24.4 Å². The van der Waals surface area contributed by atoms with Gasteiger partial charge in [0.1, 0.15) is 5.52 Å². The standard InChI is InChI=1S/C23H29ClN2O3S/c1-13(2)16(22-25-21-17(24)7-5-9-19(21)30-22)12-20(27)26-11-10-15(23(28)29)14-6-3-4-8-18(14)26/h5,7,9,13-16,18H,3-4,6,8,10-12H2,1-2H3,(H,28,29). The van der Waals surface area contributed by atoms with Crippen LogP contribution in [0, 0.1) is 17.8 Å². The molecule has 2 fully saturated rings. The van der Waals surface area contributed by atoms with Crippen LogP contribution in [0.3, 0.4) is 0 Å². The van der Waals surface area contributed by atoms with Crippen molar-refractivity contribution >= 4 is 45.0 Å². The number of nitrogens with zero attached hydrogens (tertiary/aromatic N) is 2. The first kappa shape index (κ1) is 21.6. The van der Waals surface area contributed by atoms with Gasteiger partial charge in [0.05, 0.1) is 20.6 Å². The minimum Gasteiger partial charge on any atom is -0.481 e. The Morgan fingerprint density at radius 1 is 1.27 bits per heavy atom. The summed E-state index contributed by atoms with van der Waals surface area (Å²) in [7, 11) is 0. The van der Waals surface area contributed by atoms with Gasteiger partial charge >= 0.3 is 5.97 Å². The third-order valence-electron chi connectivity index (χ3n) is 6.92. The predicted octanol–water partition coefficient (Wildman–Crippen LogP) is 5.57. The molecule has 1 saturated carbocycles. The molecule has 1 amide bonds. The average molecular weight is 449 g/mol. The number of benzene rings is 1. The Morgan fingerprint density at radius 3 is 2.73 bits per heavy atom. The van der Waals surface area contributed by atoms with Gasteiger partial charge < -0.3 is 10.0 Å². The second-order valence-corrected chi connectivity index (χ2v) is 10.5. The largest absolute Gasteiger partial charge is 0.481 e. The molecule has 1 saturated heterocycles. The molecule has 4 rings (SSSR count). The zero-order chi connectivity index (χ0) is 21.4. The highest BCUT2D eigenvalue weighted by Gasteiger charge is 2.44. The van der Waals surface area contributed by atoms with Crippen LogP contribution in [-0.4, -0.2) is 39.5 Å². The Hall–Kier alpha value is -1.66. The Morgan fingerprint density at radius 2 is 2.03 bits per heavy atom. The number of hydrogen-bond acceptors (Lipinski definition) is 4. The van der Waals surface area contributed by atoms with Gasteiger partial charge in [0.15, 0.2) is 0 Å². The molecule has 1 aromatic heterocycles. The Bertz CT molecular complexity index is 944. The fourth-order valence-corrected chi connectivity index (χ4v) is 6.82. The number of fused-ring (bicyclic) bond motifs is 2. The summed E-state index contributed by atoms with van der Waals surface area (Å²) in [6, 6.07) is 5.86.